The zero-order valence-electron chi connectivity index (χ0n) is 9.69. The first-order valence-electron chi connectivity index (χ1n) is 5.68. The molecular formula is C11H23NO4. The van der Waals surface area contributed by atoms with Gasteiger partial charge in [-0.25, -0.2) is 0 Å². The normalized spacial score (nSPS) is 11.8. The van der Waals surface area contributed by atoms with Crippen LogP contribution in [-0.4, -0.2) is 47.5 Å². The van der Waals surface area contributed by atoms with Gasteiger partial charge in [0.15, 0.2) is 5.78 Å². The molecular weight excluding hydrogens is 210 g/mol. The second-order valence-corrected chi connectivity index (χ2v) is 4.21. The molecule has 5 nitrogen and oxygen atoms in total. The molecule has 0 saturated carbocycles. The lowest BCUT2D eigenvalue weighted by Gasteiger charge is -2.32. The summed E-state index contributed by atoms with van der Waals surface area (Å²) < 4.78 is 0. The summed E-state index contributed by atoms with van der Waals surface area (Å²) in [6, 6.07) is 0. The summed E-state index contributed by atoms with van der Waals surface area (Å²) in [5, 5.41) is 26.8. The van der Waals surface area contributed by atoms with Gasteiger partial charge in [0.1, 0.15) is 6.61 Å². The van der Waals surface area contributed by atoms with E-state index in [9.17, 15) is 4.79 Å². The summed E-state index contributed by atoms with van der Waals surface area (Å²) in [6.45, 7) is -0.0142. The zero-order valence-corrected chi connectivity index (χ0v) is 9.69. The molecule has 0 aromatic heterocycles. The monoisotopic (exact) mass is 233 g/mol. The Morgan fingerprint density at radius 3 is 2.00 bits per heavy atom. The molecule has 16 heavy (non-hydrogen) atoms. The molecule has 0 aliphatic heterocycles. The fraction of sp³-hybridized carbons (Fsp3) is 0.909. The second-order valence-electron chi connectivity index (χ2n) is 4.21. The number of aliphatic hydroxyl groups is 3. The van der Waals surface area contributed by atoms with E-state index in [0.29, 0.717) is 25.8 Å². The minimum absolute atomic E-state index is 0.0245. The van der Waals surface area contributed by atoms with Gasteiger partial charge in [-0.1, -0.05) is 0 Å². The lowest BCUT2D eigenvalue weighted by atomic mass is 9.73. The van der Waals surface area contributed by atoms with Crippen molar-refractivity contribution < 1.29 is 20.1 Å². The summed E-state index contributed by atoms with van der Waals surface area (Å²) in [5.41, 5.74) is 5.02. The van der Waals surface area contributed by atoms with Crippen LogP contribution in [0.3, 0.4) is 0 Å². The van der Waals surface area contributed by atoms with Crippen LogP contribution in [0, 0.1) is 5.41 Å². The molecule has 0 unspecified atom stereocenters. The van der Waals surface area contributed by atoms with Crippen molar-refractivity contribution in [2.45, 2.75) is 32.1 Å². The molecule has 0 aliphatic carbocycles. The van der Waals surface area contributed by atoms with Crippen molar-refractivity contribution in [3.8, 4) is 0 Å². The number of carbonyl (C=O) groups is 1. The average Bonchev–Trinajstić information content (AvgIpc) is 2.27. The van der Waals surface area contributed by atoms with Crippen molar-refractivity contribution in [1.29, 1.82) is 0 Å². The Kier molecular flexibility index (Phi) is 8.37. The van der Waals surface area contributed by atoms with Crippen LogP contribution in [0.1, 0.15) is 32.1 Å². The number of ketones is 1. The molecule has 0 aromatic rings. The Morgan fingerprint density at radius 2 is 1.62 bits per heavy atom. The van der Waals surface area contributed by atoms with E-state index in [1.165, 1.54) is 0 Å². The molecule has 96 valence electrons. The molecule has 0 aliphatic rings. The van der Waals surface area contributed by atoms with E-state index in [1.807, 2.05) is 0 Å². The highest BCUT2D eigenvalue weighted by Crippen LogP contribution is 2.35. The third-order valence-corrected chi connectivity index (χ3v) is 2.94. The number of carbonyl (C=O) groups excluding carboxylic acids is 1. The molecule has 0 atom stereocenters. The van der Waals surface area contributed by atoms with Crippen LogP contribution >= 0.6 is 0 Å². The zero-order chi connectivity index (χ0) is 12.4. The van der Waals surface area contributed by atoms with Gasteiger partial charge < -0.3 is 21.1 Å². The molecule has 0 radical (unpaired) electrons. The fourth-order valence-corrected chi connectivity index (χ4v) is 2.07. The predicted molar refractivity (Wildman–Crippen MR) is 60.8 cm³/mol. The molecule has 0 spiro atoms. The van der Waals surface area contributed by atoms with Gasteiger partial charge in [0, 0.05) is 19.6 Å². The number of rotatable bonds is 10. The maximum atomic E-state index is 11.3. The maximum Gasteiger partial charge on any atom is 0.158 e. The Hall–Kier alpha value is -0.490. The number of aliphatic hydroxyl groups excluding tert-OH is 3. The Labute approximate surface area is 96.3 Å². The molecule has 5 heteroatoms. The molecule has 0 bridgehead atoms. The van der Waals surface area contributed by atoms with Crippen molar-refractivity contribution in [2.24, 2.45) is 11.1 Å². The maximum absolute atomic E-state index is 11.3. The Morgan fingerprint density at radius 1 is 1.06 bits per heavy atom. The molecule has 0 heterocycles. The van der Waals surface area contributed by atoms with Gasteiger partial charge in [-0.3, -0.25) is 4.79 Å². The van der Waals surface area contributed by atoms with Crippen molar-refractivity contribution in [3.63, 3.8) is 0 Å². The SMILES string of the molecule is NCCCC(CCO)(CCO)CC(=O)CO. The highest BCUT2D eigenvalue weighted by Gasteiger charge is 2.30. The summed E-state index contributed by atoms with van der Waals surface area (Å²) in [4.78, 5) is 11.3. The first kappa shape index (κ1) is 15.5. The molecule has 0 rings (SSSR count). The van der Waals surface area contributed by atoms with Gasteiger partial charge in [0.2, 0.25) is 0 Å². The molecule has 0 aromatic carbocycles. The summed E-state index contributed by atoms with van der Waals surface area (Å²) in [6.07, 6.45) is 2.55. The summed E-state index contributed by atoms with van der Waals surface area (Å²) in [7, 11) is 0. The van der Waals surface area contributed by atoms with Gasteiger partial charge in [0.05, 0.1) is 0 Å². The van der Waals surface area contributed by atoms with Gasteiger partial charge in [0.25, 0.3) is 0 Å². The Balaban J connectivity index is 4.55. The van der Waals surface area contributed by atoms with Crippen LogP contribution in [0.15, 0.2) is 0 Å². The number of hydrogen-bond acceptors (Lipinski definition) is 5. The van der Waals surface area contributed by atoms with Crippen molar-refractivity contribution in [3.05, 3.63) is 0 Å². The van der Waals surface area contributed by atoms with E-state index in [0.717, 1.165) is 6.42 Å². The van der Waals surface area contributed by atoms with Crippen LogP contribution in [0.4, 0.5) is 0 Å². The van der Waals surface area contributed by atoms with Gasteiger partial charge in [-0.15, -0.1) is 0 Å². The number of Topliss-reactive ketones (excluding diaryl/α,β-unsaturated/α-hetero) is 1. The standard InChI is InChI=1S/C11H23NO4/c12-5-1-2-11(3-6-13,4-7-14)8-10(16)9-15/h13-15H,1-9,12H2. The third-order valence-electron chi connectivity index (χ3n) is 2.94. The number of nitrogens with two attached hydrogens (primary N) is 1. The second kappa shape index (κ2) is 8.64. The van der Waals surface area contributed by atoms with Gasteiger partial charge in [-0.2, -0.15) is 0 Å². The average molecular weight is 233 g/mol. The van der Waals surface area contributed by atoms with E-state index >= 15 is 0 Å². The summed E-state index contributed by atoms with van der Waals surface area (Å²) in [5.74, 6) is -0.251. The van der Waals surface area contributed by atoms with Crippen molar-refractivity contribution in [1.82, 2.24) is 0 Å². The first-order chi connectivity index (χ1) is 7.64. The van der Waals surface area contributed by atoms with E-state index in [2.05, 4.69) is 0 Å². The van der Waals surface area contributed by atoms with Crippen LogP contribution in [0.25, 0.3) is 0 Å². The quantitative estimate of drug-likeness (QED) is 0.404. The number of hydrogen-bond donors (Lipinski definition) is 4. The van der Waals surface area contributed by atoms with E-state index in [-0.39, 0.29) is 25.4 Å². The van der Waals surface area contributed by atoms with Crippen LogP contribution < -0.4 is 5.73 Å². The Bertz CT molecular complexity index is 190. The van der Waals surface area contributed by atoms with Gasteiger partial charge in [-0.05, 0) is 37.6 Å². The highest BCUT2D eigenvalue weighted by molar-refractivity contribution is 5.80. The van der Waals surface area contributed by atoms with Crippen LogP contribution in [0.5, 0.6) is 0 Å². The highest BCUT2D eigenvalue weighted by atomic mass is 16.3. The molecule has 0 saturated heterocycles. The topological polar surface area (TPSA) is 104 Å². The van der Waals surface area contributed by atoms with Crippen LogP contribution in [-0.2, 0) is 4.79 Å². The lowest BCUT2D eigenvalue weighted by Crippen LogP contribution is -2.29. The predicted octanol–water partition coefficient (Wildman–Crippen LogP) is -0.572. The largest absolute Gasteiger partial charge is 0.396 e. The van der Waals surface area contributed by atoms with Gasteiger partial charge >= 0.3 is 0 Å². The fourth-order valence-electron chi connectivity index (χ4n) is 2.07. The molecule has 0 fully saturated rings. The smallest absolute Gasteiger partial charge is 0.158 e. The minimum Gasteiger partial charge on any atom is -0.396 e. The van der Waals surface area contributed by atoms with E-state index < -0.39 is 12.0 Å². The van der Waals surface area contributed by atoms with E-state index in [4.69, 9.17) is 21.1 Å². The molecule has 5 N–H and O–H groups in total. The lowest BCUT2D eigenvalue weighted by molar-refractivity contribution is -0.124. The van der Waals surface area contributed by atoms with Crippen molar-refractivity contribution >= 4 is 5.78 Å². The minimum atomic E-state index is -0.485. The van der Waals surface area contributed by atoms with E-state index in [1.54, 1.807) is 0 Å². The van der Waals surface area contributed by atoms with Crippen LogP contribution in [0.2, 0.25) is 0 Å². The molecule has 0 amide bonds. The first-order valence-corrected chi connectivity index (χ1v) is 5.68. The van der Waals surface area contributed by atoms with Crippen molar-refractivity contribution in [2.75, 3.05) is 26.4 Å². The summed E-state index contributed by atoms with van der Waals surface area (Å²) >= 11 is 0. The third kappa shape index (κ3) is 5.55.